The number of benzene rings is 2. The lowest BCUT2D eigenvalue weighted by Gasteiger charge is -2.25. The average Bonchev–Trinajstić information content (AvgIpc) is 2.49. The second-order valence-corrected chi connectivity index (χ2v) is 5.70. The molecular formula is C19H22O3. The lowest BCUT2D eigenvalue weighted by molar-refractivity contribution is -0.158. The fraction of sp³-hybridized carbons (Fsp3) is 0.316. The van der Waals surface area contributed by atoms with Crippen LogP contribution in [0.25, 0.3) is 11.1 Å². The Morgan fingerprint density at radius 1 is 1.05 bits per heavy atom. The van der Waals surface area contributed by atoms with Crippen LogP contribution in [0, 0.1) is 6.92 Å². The van der Waals surface area contributed by atoms with E-state index in [1.54, 1.807) is 20.8 Å². The van der Waals surface area contributed by atoms with Crippen LogP contribution in [0.4, 0.5) is 0 Å². The van der Waals surface area contributed by atoms with E-state index in [1.165, 1.54) is 5.56 Å². The molecule has 0 aliphatic heterocycles. The van der Waals surface area contributed by atoms with E-state index < -0.39 is 5.60 Å². The van der Waals surface area contributed by atoms with Gasteiger partial charge in [-0.2, -0.15) is 0 Å². The van der Waals surface area contributed by atoms with Crippen LogP contribution in [-0.2, 0) is 9.53 Å². The Kier molecular flexibility index (Phi) is 4.86. The quantitative estimate of drug-likeness (QED) is 0.768. The molecule has 116 valence electrons. The van der Waals surface area contributed by atoms with E-state index in [0.29, 0.717) is 12.4 Å². The van der Waals surface area contributed by atoms with E-state index in [1.807, 2.05) is 24.3 Å². The predicted molar refractivity (Wildman–Crippen MR) is 88.0 cm³/mol. The molecule has 0 saturated heterocycles. The van der Waals surface area contributed by atoms with Crippen molar-refractivity contribution in [1.29, 1.82) is 0 Å². The van der Waals surface area contributed by atoms with Crippen molar-refractivity contribution in [2.45, 2.75) is 33.3 Å². The first-order valence-electron chi connectivity index (χ1n) is 7.46. The maximum atomic E-state index is 12.0. The highest BCUT2D eigenvalue weighted by molar-refractivity contribution is 5.80. The van der Waals surface area contributed by atoms with Crippen molar-refractivity contribution < 1.29 is 14.3 Å². The minimum Gasteiger partial charge on any atom is -0.476 e. The molecule has 3 nitrogen and oxygen atoms in total. The van der Waals surface area contributed by atoms with Gasteiger partial charge in [0.2, 0.25) is 0 Å². The summed E-state index contributed by atoms with van der Waals surface area (Å²) in [6.45, 7) is 7.61. The number of hydrogen-bond acceptors (Lipinski definition) is 3. The Morgan fingerprint density at radius 2 is 1.68 bits per heavy atom. The Balaban J connectivity index is 2.33. The molecule has 2 aromatic carbocycles. The molecule has 0 aliphatic rings. The SMILES string of the molecule is CCOC(=O)C(C)(C)Oc1ccccc1-c1ccc(C)cc1. The molecule has 0 fully saturated rings. The van der Waals surface area contributed by atoms with Crippen LogP contribution in [0.1, 0.15) is 26.3 Å². The number of rotatable bonds is 5. The van der Waals surface area contributed by atoms with Gasteiger partial charge in [0.15, 0.2) is 5.60 Å². The molecule has 3 heteroatoms. The Morgan fingerprint density at radius 3 is 2.32 bits per heavy atom. The van der Waals surface area contributed by atoms with E-state index in [9.17, 15) is 4.79 Å². The number of para-hydroxylation sites is 1. The van der Waals surface area contributed by atoms with Crippen molar-refractivity contribution in [3.63, 3.8) is 0 Å². The lowest BCUT2D eigenvalue weighted by Crippen LogP contribution is -2.39. The van der Waals surface area contributed by atoms with Gasteiger partial charge in [-0.3, -0.25) is 0 Å². The third-order valence-corrected chi connectivity index (χ3v) is 3.38. The number of hydrogen-bond donors (Lipinski definition) is 0. The Labute approximate surface area is 131 Å². The number of aryl methyl sites for hydroxylation is 1. The largest absolute Gasteiger partial charge is 0.476 e. The number of carbonyl (C=O) groups excluding carboxylic acids is 1. The van der Waals surface area contributed by atoms with Crippen LogP contribution in [0.2, 0.25) is 0 Å². The van der Waals surface area contributed by atoms with E-state index in [2.05, 4.69) is 31.2 Å². The maximum Gasteiger partial charge on any atom is 0.349 e. The van der Waals surface area contributed by atoms with Crippen molar-refractivity contribution in [2.24, 2.45) is 0 Å². The predicted octanol–water partition coefficient (Wildman–Crippen LogP) is 4.38. The first-order chi connectivity index (χ1) is 10.4. The first kappa shape index (κ1) is 16.1. The zero-order valence-electron chi connectivity index (χ0n) is 13.6. The first-order valence-corrected chi connectivity index (χ1v) is 7.46. The molecule has 0 aromatic heterocycles. The molecule has 2 rings (SSSR count). The van der Waals surface area contributed by atoms with Crippen molar-refractivity contribution in [1.82, 2.24) is 0 Å². The summed E-state index contributed by atoms with van der Waals surface area (Å²) < 4.78 is 11.0. The fourth-order valence-electron chi connectivity index (χ4n) is 2.15. The highest BCUT2D eigenvalue weighted by Gasteiger charge is 2.32. The molecular weight excluding hydrogens is 276 g/mol. The topological polar surface area (TPSA) is 35.5 Å². The highest BCUT2D eigenvalue weighted by atomic mass is 16.6. The van der Waals surface area contributed by atoms with Gasteiger partial charge in [-0.05, 0) is 39.3 Å². The van der Waals surface area contributed by atoms with Gasteiger partial charge in [-0.25, -0.2) is 4.79 Å². The van der Waals surface area contributed by atoms with Gasteiger partial charge in [-0.1, -0.05) is 48.0 Å². The molecule has 0 heterocycles. The van der Waals surface area contributed by atoms with Crippen LogP contribution in [0.15, 0.2) is 48.5 Å². The summed E-state index contributed by atoms with van der Waals surface area (Å²) >= 11 is 0. The standard InChI is InChI=1S/C19H22O3/c1-5-21-18(20)19(3,4)22-17-9-7-6-8-16(17)15-12-10-14(2)11-13-15/h6-13H,5H2,1-4H3. The number of ether oxygens (including phenoxy) is 2. The number of esters is 1. The Bertz CT molecular complexity index is 642. The minimum absolute atomic E-state index is 0.339. The molecule has 22 heavy (non-hydrogen) atoms. The molecule has 0 saturated carbocycles. The van der Waals surface area contributed by atoms with Crippen LogP contribution < -0.4 is 4.74 Å². The van der Waals surface area contributed by atoms with Crippen LogP contribution in [0.5, 0.6) is 5.75 Å². The van der Waals surface area contributed by atoms with E-state index >= 15 is 0 Å². The fourth-order valence-corrected chi connectivity index (χ4v) is 2.15. The molecule has 0 spiro atoms. The van der Waals surface area contributed by atoms with Crippen molar-refractivity contribution in [2.75, 3.05) is 6.61 Å². The van der Waals surface area contributed by atoms with Gasteiger partial charge in [0, 0.05) is 5.56 Å². The lowest BCUT2D eigenvalue weighted by atomic mass is 10.0. The molecule has 0 bridgehead atoms. The molecule has 2 aromatic rings. The summed E-state index contributed by atoms with van der Waals surface area (Å²) in [4.78, 5) is 12.0. The average molecular weight is 298 g/mol. The van der Waals surface area contributed by atoms with Gasteiger partial charge < -0.3 is 9.47 Å². The summed E-state index contributed by atoms with van der Waals surface area (Å²) in [5, 5.41) is 0. The van der Waals surface area contributed by atoms with E-state index in [0.717, 1.165) is 11.1 Å². The molecule has 0 unspecified atom stereocenters. The zero-order chi connectivity index (χ0) is 16.2. The van der Waals surface area contributed by atoms with Gasteiger partial charge in [0.25, 0.3) is 0 Å². The van der Waals surface area contributed by atoms with Crippen molar-refractivity contribution >= 4 is 5.97 Å². The van der Waals surface area contributed by atoms with Crippen LogP contribution in [-0.4, -0.2) is 18.2 Å². The molecule has 0 radical (unpaired) electrons. The third kappa shape index (κ3) is 3.67. The molecule has 0 N–H and O–H groups in total. The normalized spacial score (nSPS) is 11.1. The smallest absolute Gasteiger partial charge is 0.349 e. The molecule has 0 atom stereocenters. The van der Waals surface area contributed by atoms with Crippen molar-refractivity contribution in [3.8, 4) is 16.9 Å². The maximum absolute atomic E-state index is 12.0. The second-order valence-electron chi connectivity index (χ2n) is 5.70. The Hall–Kier alpha value is -2.29. The summed E-state index contributed by atoms with van der Waals surface area (Å²) in [6.07, 6.45) is 0. The molecule has 0 amide bonds. The van der Waals surface area contributed by atoms with Gasteiger partial charge >= 0.3 is 5.97 Å². The van der Waals surface area contributed by atoms with E-state index in [4.69, 9.17) is 9.47 Å². The zero-order valence-corrected chi connectivity index (χ0v) is 13.6. The highest BCUT2D eigenvalue weighted by Crippen LogP contribution is 2.32. The molecule has 0 aliphatic carbocycles. The number of carbonyl (C=O) groups is 1. The third-order valence-electron chi connectivity index (χ3n) is 3.38. The van der Waals surface area contributed by atoms with Gasteiger partial charge in [0.1, 0.15) is 5.75 Å². The minimum atomic E-state index is -1.03. The van der Waals surface area contributed by atoms with Gasteiger partial charge in [-0.15, -0.1) is 0 Å². The summed E-state index contributed by atoms with van der Waals surface area (Å²) in [6, 6.07) is 15.9. The second kappa shape index (κ2) is 6.65. The van der Waals surface area contributed by atoms with E-state index in [-0.39, 0.29) is 5.97 Å². The van der Waals surface area contributed by atoms with Crippen molar-refractivity contribution in [3.05, 3.63) is 54.1 Å². The van der Waals surface area contributed by atoms with Crippen LogP contribution in [0.3, 0.4) is 0 Å². The summed E-state index contributed by atoms with van der Waals surface area (Å²) in [5.74, 6) is 0.304. The summed E-state index contributed by atoms with van der Waals surface area (Å²) in [7, 11) is 0. The monoisotopic (exact) mass is 298 g/mol. The summed E-state index contributed by atoms with van der Waals surface area (Å²) in [5.41, 5.74) is 2.19. The van der Waals surface area contributed by atoms with Gasteiger partial charge in [0.05, 0.1) is 6.61 Å². The van der Waals surface area contributed by atoms with Crippen LogP contribution >= 0.6 is 0 Å².